The predicted molar refractivity (Wildman–Crippen MR) is 89.3 cm³/mol. The van der Waals surface area contributed by atoms with Crippen LogP contribution in [0.1, 0.15) is 17.2 Å². The Kier molecular flexibility index (Phi) is 5.63. The van der Waals surface area contributed by atoms with E-state index in [1.54, 1.807) is 12.1 Å². The normalized spacial score (nSPS) is 12.4. The van der Waals surface area contributed by atoms with Crippen LogP contribution in [0, 0.1) is 9.39 Å². The van der Waals surface area contributed by atoms with Gasteiger partial charge in [-0.25, -0.2) is 4.39 Å². The van der Waals surface area contributed by atoms with Crippen molar-refractivity contribution in [3.63, 3.8) is 0 Å². The topological polar surface area (TPSA) is 38.0 Å². The highest BCUT2D eigenvalue weighted by Crippen LogP contribution is 2.26. The molecule has 0 spiro atoms. The molecule has 0 heterocycles. The molecule has 0 saturated carbocycles. The number of halogens is 4. The van der Waals surface area contributed by atoms with Crippen molar-refractivity contribution in [1.82, 2.24) is 5.43 Å². The fourth-order valence-corrected chi connectivity index (χ4v) is 2.59. The molecule has 0 amide bonds. The first kappa shape index (κ1) is 16.0. The van der Waals surface area contributed by atoms with Crippen molar-refractivity contribution < 1.29 is 4.39 Å². The zero-order valence-electron chi connectivity index (χ0n) is 10.3. The Bertz CT molecular complexity index is 622. The van der Waals surface area contributed by atoms with Crippen LogP contribution in [0.15, 0.2) is 36.4 Å². The Morgan fingerprint density at radius 1 is 1.20 bits per heavy atom. The fourth-order valence-electron chi connectivity index (χ4n) is 1.91. The molecule has 2 nitrogen and oxygen atoms in total. The van der Waals surface area contributed by atoms with Gasteiger partial charge in [0.25, 0.3) is 0 Å². The number of rotatable bonds is 4. The van der Waals surface area contributed by atoms with Gasteiger partial charge >= 0.3 is 0 Å². The number of hydrazine groups is 1. The summed E-state index contributed by atoms with van der Waals surface area (Å²) in [4.78, 5) is 0. The van der Waals surface area contributed by atoms with Gasteiger partial charge in [-0.1, -0.05) is 35.3 Å². The summed E-state index contributed by atoms with van der Waals surface area (Å²) >= 11 is 14.0. The number of nitrogens with two attached hydrogens (primary N) is 1. The lowest BCUT2D eigenvalue weighted by Crippen LogP contribution is -2.29. The molecule has 0 aliphatic carbocycles. The minimum atomic E-state index is -0.339. The van der Waals surface area contributed by atoms with E-state index in [0.29, 0.717) is 22.0 Å². The Balaban J connectivity index is 2.26. The molecule has 0 radical (unpaired) electrons. The van der Waals surface area contributed by atoms with Crippen molar-refractivity contribution in [3.8, 4) is 0 Å². The van der Waals surface area contributed by atoms with Gasteiger partial charge in [0.1, 0.15) is 5.82 Å². The van der Waals surface area contributed by atoms with Gasteiger partial charge in [-0.15, -0.1) is 0 Å². The third kappa shape index (κ3) is 3.83. The molecule has 2 aromatic rings. The second-order valence-corrected chi connectivity index (χ2v) is 6.34. The van der Waals surface area contributed by atoms with Crippen LogP contribution in [0.25, 0.3) is 0 Å². The first-order valence-electron chi connectivity index (χ1n) is 5.86. The van der Waals surface area contributed by atoms with Crippen LogP contribution < -0.4 is 11.3 Å². The van der Waals surface area contributed by atoms with E-state index in [1.807, 2.05) is 18.2 Å². The standard InChI is InChI=1S/C14H12Cl2FIN2/c15-10-3-1-8(12(17)7-10)6-14(20-19)9-2-4-13(18)11(16)5-9/h1-5,7,14,20H,6,19H2. The molecule has 0 aliphatic rings. The van der Waals surface area contributed by atoms with Crippen LogP contribution in [0.5, 0.6) is 0 Å². The van der Waals surface area contributed by atoms with Gasteiger partial charge < -0.3 is 0 Å². The van der Waals surface area contributed by atoms with Gasteiger partial charge in [0, 0.05) is 8.59 Å². The second-order valence-electron chi connectivity index (χ2n) is 4.33. The Morgan fingerprint density at radius 2 is 1.95 bits per heavy atom. The van der Waals surface area contributed by atoms with Gasteiger partial charge in [0.05, 0.1) is 11.1 Å². The molecule has 0 bridgehead atoms. The average molecular weight is 425 g/mol. The van der Waals surface area contributed by atoms with E-state index in [1.165, 1.54) is 6.07 Å². The van der Waals surface area contributed by atoms with Crippen LogP contribution in [0.2, 0.25) is 10.0 Å². The molecule has 106 valence electrons. The Labute approximate surface area is 140 Å². The van der Waals surface area contributed by atoms with Gasteiger partial charge in [0.2, 0.25) is 0 Å². The monoisotopic (exact) mass is 424 g/mol. The summed E-state index contributed by atoms with van der Waals surface area (Å²) in [7, 11) is 0. The molecule has 20 heavy (non-hydrogen) atoms. The van der Waals surface area contributed by atoms with E-state index < -0.39 is 0 Å². The summed E-state index contributed by atoms with van der Waals surface area (Å²) in [5, 5.41) is 1.03. The summed E-state index contributed by atoms with van der Waals surface area (Å²) in [5.41, 5.74) is 4.15. The minimum absolute atomic E-state index is 0.222. The number of nitrogens with one attached hydrogen (secondary N) is 1. The molecule has 1 atom stereocenters. The molecule has 0 aromatic heterocycles. The molecule has 0 fully saturated rings. The van der Waals surface area contributed by atoms with Crippen LogP contribution >= 0.6 is 45.8 Å². The maximum atomic E-state index is 13.8. The largest absolute Gasteiger partial charge is 0.271 e. The third-order valence-electron chi connectivity index (χ3n) is 2.99. The highest BCUT2D eigenvalue weighted by atomic mass is 127. The summed E-state index contributed by atoms with van der Waals surface area (Å²) in [6.45, 7) is 0. The van der Waals surface area contributed by atoms with Crippen molar-refractivity contribution in [2.24, 2.45) is 5.84 Å². The van der Waals surface area contributed by atoms with Gasteiger partial charge in [0.15, 0.2) is 0 Å². The quantitative estimate of drug-likeness (QED) is 0.431. The van der Waals surface area contributed by atoms with E-state index in [9.17, 15) is 4.39 Å². The van der Waals surface area contributed by atoms with E-state index in [2.05, 4.69) is 28.0 Å². The van der Waals surface area contributed by atoms with E-state index >= 15 is 0 Å². The summed E-state index contributed by atoms with van der Waals surface area (Å²) in [6.07, 6.45) is 0.413. The van der Waals surface area contributed by atoms with E-state index in [-0.39, 0.29) is 11.9 Å². The van der Waals surface area contributed by atoms with Crippen molar-refractivity contribution >= 4 is 45.8 Å². The maximum Gasteiger partial charge on any atom is 0.127 e. The SMILES string of the molecule is NNC(Cc1ccc(Cl)cc1F)c1ccc(I)c(Cl)c1. The molecule has 0 aliphatic heterocycles. The maximum absolute atomic E-state index is 13.8. The van der Waals surface area contributed by atoms with Gasteiger partial charge in [-0.2, -0.15) is 0 Å². The zero-order chi connectivity index (χ0) is 14.7. The lowest BCUT2D eigenvalue weighted by atomic mass is 9.99. The molecule has 3 N–H and O–H groups in total. The number of hydrogen-bond donors (Lipinski definition) is 2. The van der Waals surface area contributed by atoms with Gasteiger partial charge in [-0.05, 0) is 64.4 Å². The van der Waals surface area contributed by atoms with Crippen LogP contribution in [0.4, 0.5) is 4.39 Å². The van der Waals surface area contributed by atoms with Crippen molar-refractivity contribution in [3.05, 3.63) is 67.0 Å². The van der Waals surface area contributed by atoms with Crippen molar-refractivity contribution in [2.75, 3.05) is 0 Å². The minimum Gasteiger partial charge on any atom is -0.271 e. The molecule has 1 unspecified atom stereocenters. The van der Waals surface area contributed by atoms with Crippen molar-refractivity contribution in [2.45, 2.75) is 12.5 Å². The first-order chi connectivity index (χ1) is 9.51. The highest BCUT2D eigenvalue weighted by molar-refractivity contribution is 14.1. The fraction of sp³-hybridized carbons (Fsp3) is 0.143. The molecular formula is C14H12Cl2FIN2. The molecule has 6 heteroatoms. The number of hydrogen-bond acceptors (Lipinski definition) is 2. The molecule has 2 aromatic carbocycles. The lowest BCUT2D eigenvalue weighted by Gasteiger charge is -2.17. The average Bonchev–Trinajstić information content (AvgIpc) is 2.41. The van der Waals surface area contributed by atoms with E-state index in [0.717, 1.165) is 9.13 Å². The summed E-state index contributed by atoms with van der Waals surface area (Å²) in [6, 6.07) is 10.1. The van der Waals surface area contributed by atoms with E-state index in [4.69, 9.17) is 29.0 Å². The second kappa shape index (κ2) is 7.04. The third-order valence-corrected chi connectivity index (χ3v) is 4.79. The number of benzene rings is 2. The smallest absolute Gasteiger partial charge is 0.127 e. The Morgan fingerprint density at radius 3 is 2.55 bits per heavy atom. The summed E-state index contributed by atoms with van der Waals surface area (Å²) in [5.74, 6) is 5.24. The van der Waals surface area contributed by atoms with Crippen LogP contribution in [-0.2, 0) is 6.42 Å². The molecule has 0 saturated heterocycles. The molecule has 2 rings (SSSR count). The Hall–Kier alpha value is -0.400. The summed E-state index contributed by atoms with van der Waals surface area (Å²) < 4.78 is 14.8. The molecular weight excluding hydrogens is 413 g/mol. The first-order valence-corrected chi connectivity index (χ1v) is 7.69. The van der Waals surface area contributed by atoms with Crippen LogP contribution in [-0.4, -0.2) is 0 Å². The van der Waals surface area contributed by atoms with Crippen LogP contribution in [0.3, 0.4) is 0 Å². The van der Waals surface area contributed by atoms with Crippen molar-refractivity contribution in [1.29, 1.82) is 0 Å². The highest BCUT2D eigenvalue weighted by Gasteiger charge is 2.14. The zero-order valence-corrected chi connectivity index (χ0v) is 14.0. The van der Waals surface area contributed by atoms with Gasteiger partial charge in [-0.3, -0.25) is 11.3 Å². The lowest BCUT2D eigenvalue weighted by molar-refractivity contribution is 0.529. The predicted octanol–water partition coefficient (Wildman–Crippen LogP) is 4.48.